The Morgan fingerprint density at radius 2 is 1.64 bits per heavy atom. The van der Waals surface area contributed by atoms with Gasteiger partial charge >= 0.3 is 5.97 Å². The molecule has 42 heavy (non-hydrogen) atoms. The van der Waals surface area contributed by atoms with Crippen molar-refractivity contribution in [2.24, 2.45) is 58.0 Å². The first-order valence-electron chi connectivity index (χ1n) is 17.0. The lowest BCUT2D eigenvalue weighted by Crippen LogP contribution is -2.54. The van der Waals surface area contributed by atoms with Gasteiger partial charge < -0.3 is 10.5 Å². The number of rotatable bonds is 10. The quantitative estimate of drug-likeness (QED) is 0.294. The highest BCUT2D eigenvalue weighted by Gasteiger charge is 2.61. The average molecular weight is 578 g/mol. The first-order valence-corrected chi connectivity index (χ1v) is 17.0. The molecule has 0 heterocycles. The monoisotopic (exact) mass is 577 g/mol. The van der Waals surface area contributed by atoms with Gasteiger partial charge in [0.1, 0.15) is 11.9 Å². The fourth-order valence-electron chi connectivity index (χ4n) is 10.4. The Kier molecular flexibility index (Phi) is 9.38. The molecule has 232 valence electrons. The number of carbonyl (C=O) groups is 3. The Balaban J connectivity index is 1.20. The molecule has 0 aromatic heterocycles. The Labute approximate surface area is 254 Å². The van der Waals surface area contributed by atoms with E-state index in [0.29, 0.717) is 30.0 Å². The van der Waals surface area contributed by atoms with Crippen LogP contribution in [0.3, 0.4) is 0 Å². The van der Waals surface area contributed by atoms with E-state index in [1.165, 1.54) is 32.1 Å². The van der Waals surface area contributed by atoms with Gasteiger partial charge in [0.2, 0.25) is 0 Å². The molecule has 1 unspecified atom stereocenters. The maximum Gasteiger partial charge on any atom is 0.309 e. The molecule has 4 fully saturated rings. The molecule has 0 amide bonds. The summed E-state index contributed by atoms with van der Waals surface area (Å²) in [6.07, 6.45) is 11.5. The fraction of sp³-hybridized carbons (Fsp3) is 0.757. The molecule has 0 saturated heterocycles. The normalized spacial score (nSPS) is 37.9. The third kappa shape index (κ3) is 5.88. The van der Waals surface area contributed by atoms with Gasteiger partial charge in [-0.05, 0) is 117 Å². The van der Waals surface area contributed by atoms with Crippen LogP contribution in [0.4, 0.5) is 0 Å². The van der Waals surface area contributed by atoms with E-state index in [0.717, 1.165) is 43.6 Å². The minimum absolute atomic E-state index is 0.0566. The standard InChI is InChI=1S/C37H55NO4/c1-6-23(2)29(22-34(40)33(38)20-25-10-8-7-9-11-25)35(41)42-27-16-18-36(4)26(21-27)12-13-28-31-15-14-30(24(3)39)37(31,5)19-17-32(28)36/h7-11,23,26-33H,6,12-22,38H2,1-5H3/t23?,26-,27+,28-,29-,30+,31-,32-,33-,36-,37+/m0/s1. The second kappa shape index (κ2) is 12.5. The zero-order valence-electron chi connectivity index (χ0n) is 26.8. The fourth-order valence-corrected chi connectivity index (χ4v) is 10.4. The molecule has 1 aromatic rings. The molecule has 0 spiro atoms. The Morgan fingerprint density at radius 1 is 0.952 bits per heavy atom. The molecule has 5 heteroatoms. The Bertz CT molecular complexity index is 1130. The van der Waals surface area contributed by atoms with Crippen molar-refractivity contribution in [3.8, 4) is 0 Å². The first-order chi connectivity index (χ1) is 20.0. The number of ketones is 2. The van der Waals surface area contributed by atoms with Crippen LogP contribution in [0.15, 0.2) is 30.3 Å². The predicted octanol–water partition coefficient (Wildman–Crippen LogP) is 7.34. The van der Waals surface area contributed by atoms with Crippen molar-refractivity contribution in [2.45, 2.75) is 124 Å². The molecule has 0 bridgehead atoms. The van der Waals surface area contributed by atoms with Gasteiger partial charge in [-0.1, -0.05) is 64.4 Å². The number of hydrogen-bond donors (Lipinski definition) is 1. The number of hydrogen-bond acceptors (Lipinski definition) is 5. The Hall–Kier alpha value is -2.01. The topological polar surface area (TPSA) is 86.5 Å². The third-order valence-electron chi connectivity index (χ3n) is 13.2. The lowest BCUT2D eigenvalue weighted by atomic mass is 9.44. The summed E-state index contributed by atoms with van der Waals surface area (Å²) in [5.41, 5.74) is 7.83. The molecule has 5 rings (SSSR count). The van der Waals surface area contributed by atoms with Gasteiger partial charge in [-0.15, -0.1) is 0 Å². The largest absolute Gasteiger partial charge is 0.462 e. The van der Waals surface area contributed by atoms with Crippen molar-refractivity contribution in [2.75, 3.05) is 0 Å². The van der Waals surface area contributed by atoms with Crippen LogP contribution in [0.2, 0.25) is 0 Å². The van der Waals surface area contributed by atoms with E-state index in [2.05, 4.69) is 27.7 Å². The molecule has 4 saturated carbocycles. The van der Waals surface area contributed by atoms with Crippen LogP contribution in [0.1, 0.15) is 111 Å². The summed E-state index contributed by atoms with van der Waals surface area (Å²) in [4.78, 5) is 39.2. The number of carbonyl (C=O) groups excluding carboxylic acids is 3. The number of Topliss-reactive ketones (excluding diaryl/α,β-unsaturated/α-hetero) is 2. The minimum atomic E-state index is -0.611. The summed E-state index contributed by atoms with van der Waals surface area (Å²) in [5.74, 6) is 2.71. The SMILES string of the molecule is CCC(C)[C@H](CC(=O)[C@@H](N)Cc1ccccc1)C(=O)O[C@@H]1CC[C@@]2(C)[C@@H](CC[C@@H]3[C@@H]2CC[C@]2(C)[C@@H](C(C)=O)CC[C@@H]32)C1. The molecule has 4 aliphatic rings. The van der Waals surface area contributed by atoms with Crippen LogP contribution in [0.5, 0.6) is 0 Å². The average Bonchev–Trinajstić information content (AvgIpc) is 3.33. The van der Waals surface area contributed by atoms with Crippen molar-refractivity contribution < 1.29 is 19.1 Å². The highest BCUT2D eigenvalue weighted by Crippen LogP contribution is 2.67. The van der Waals surface area contributed by atoms with E-state index in [4.69, 9.17) is 10.5 Å². The summed E-state index contributed by atoms with van der Waals surface area (Å²) in [6, 6.07) is 9.23. The molecule has 11 atom stereocenters. The second-order valence-electron chi connectivity index (χ2n) is 15.2. The van der Waals surface area contributed by atoms with Gasteiger partial charge in [0.05, 0.1) is 12.0 Å². The first kappa shape index (κ1) is 31.4. The summed E-state index contributed by atoms with van der Waals surface area (Å²) in [5, 5.41) is 0. The number of benzene rings is 1. The molecule has 2 N–H and O–H groups in total. The zero-order valence-corrected chi connectivity index (χ0v) is 26.8. The van der Waals surface area contributed by atoms with Crippen molar-refractivity contribution in [3.63, 3.8) is 0 Å². The van der Waals surface area contributed by atoms with Gasteiger partial charge in [-0.3, -0.25) is 14.4 Å². The van der Waals surface area contributed by atoms with Crippen LogP contribution in [0, 0.1) is 52.3 Å². The molecule has 0 aliphatic heterocycles. The zero-order chi connectivity index (χ0) is 30.2. The summed E-state index contributed by atoms with van der Waals surface area (Å²) in [6.45, 7) is 10.9. The third-order valence-corrected chi connectivity index (χ3v) is 13.2. The van der Waals surface area contributed by atoms with E-state index in [1.54, 1.807) is 0 Å². The van der Waals surface area contributed by atoms with E-state index in [1.807, 2.05) is 37.3 Å². The van der Waals surface area contributed by atoms with Crippen LogP contribution in [0.25, 0.3) is 0 Å². The Morgan fingerprint density at radius 3 is 2.33 bits per heavy atom. The van der Waals surface area contributed by atoms with Crippen LogP contribution < -0.4 is 5.73 Å². The maximum atomic E-state index is 13.6. The molecule has 1 aromatic carbocycles. The van der Waals surface area contributed by atoms with Crippen molar-refractivity contribution in [1.82, 2.24) is 0 Å². The molecule has 5 nitrogen and oxygen atoms in total. The smallest absolute Gasteiger partial charge is 0.309 e. The van der Waals surface area contributed by atoms with Gasteiger partial charge in [-0.25, -0.2) is 0 Å². The van der Waals surface area contributed by atoms with E-state index >= 15 is 0 Å². The summed E-state index contributed by atoms with van der Waals surface area (Å²) < 4.78 is 6.26. The highest BCUT2D eigenvalue weighted by atomic mass is 16.5. The number of fused-ring (bicyclic) bond motifs is 5. The summed E-state index contributed by atoms with van der Waals surface area (Å²) in [7, 11) is 0. The molecular formula is C37H55NO4. The highest BCUT2D eigenvalue weighted by molar-refractivity contribution is 5.88. The predicted molar refractivity (Wildman–Crippen MR) is 166 cm³/mol. The van der Waals surface area contributed by atoms with Crippen LogP contribution in [-0.2, 0) is 25.5 Å². The van der Waals surface area contributed by atoms with Gasteiger partial charge in [0, 0.05) is 12.3 Å². The maximum absolute atomic E-state index is 13.6. The van der Waals surface area contributed by atoms with Gasteiger partial charge in [0.15, 0.2) is 5.78 Å². The van der Waals surface area contributed by atoms with Gasteiger partial charge in [-0.2, -0.15) is 0 Å². The van der Waals surface area contributed by atoms with E-state index < -0.39 is 12.0 Å². The van der Waals surface area contributed by atoms with Crippen LogP contribution >= 0.6 is 0 Å². The summed E-state index contributed by atoms with van der Waals surface area (Å²) >= 11 is 0. The molecular weight excluding hydrogens is 522 g/mol. The molecule has 4 aliphatic carbocycles. The molecule has 0 radical (unpaired) electrons. The van der Waals surface area contributed by atoms with E-state index in [9.17, 15) is 14.4 Å². The van der Waals surface area contributed by atoms with Crippen LogP contribution in [-0.4, -0.2) is 29.7 Å². The van der Waals surface area contributed by atoms with Crippen molar-refractivity contribution >= 4 is 17.5 Å². The number of ether oxygens (including phenoxy) is 1. The van der Waals surface area contributed by atoms with E-state index in [-0.39, 0.29) is 46.9 Å². The number of nitrogens with two attached hydrogens (primary N) is 1. The van der Waals surface area contributed by atoms with Crippen molar-refractivity contribution in [1.29, 1.82) is 0 Å². The lowest BCUT2D eigenvalue weighted by Gasteiger charge is -2.61. The lowest BCUT2D eigenvalue weighted by molar-refractivity contribution is -0.169. The van der Waals surface area contributed by atoms with Crippen molar-refractivity contribution in [3.05, 3.63) is 35.9 Å². The van der Waals surface area contributed by atoms with Gasteiger partial charge in [0.25, 0.3) is 0 Å². The number of esters is 1. The minimum Gasteiger partial charge on any atom is -0.462 e. The second-order valence-corrected chi connectivity index (χ2v) is 15.2.